The van der Waals surface area contributed by atoms with Gasteiger partial charge >= 0.3 is 0 Å². The summed E-state index contributed by atoms with van der Waals surface area (Å²) in [4.78, 5) is 9.06. The Morgan fingerprint density at radius 1 is 1.16 bits per heavy atom. The molecule has 2 N–H and O–H groups in total. The van der Waals surface area contributed by atoms with Gasteiger partial charge in [-0.25, -0.2) is 0 Å². The second kappa shape index (κ2) is 6.57. The van der Waals surface area contributed by atoms with Crippen molar-refractivity contribution in [3.8, 4) is 0 Å². The van der Waals surface area contributed by atoms with Crippen LogP contribution in [0.3, 0.4) is 0 Å². The first kappa shape index (κ1) is 13.9. The number of nitrogens with two attached hydrogens (primary N) is 1. The monoisotopic (exact) mass is 260 g/mol. The van der Waals surface area contributed by atoms with Crippen molar-refractivity contribution in [2.45, 2.75) is 26.4 Å². The molecule has 1 heterocycles. The van der Waals surface area contributed by atoms with Gasteiger partial charge in [-0.1, -0.05) is 30.3 Å². The van der Waals surface area contributed by atoms with Crippen molar-refractivity contribution in [3.63, 3.8) is 0 Å². The zero-order valence-electron chi connectivity index (χ0n) is 11.9. The number of aliphatic imine (C=N–C) groups is 1. The smallest absolute Gasteiger partial charge is 0.191 e. The van der Waals surface area contributed by atoms with Gasteiger partial charge in [0.1, 0.15) is 0 Å². The predicted molar refractivity (Wildman–Crippen MR) is 80.1 cm³/mol. The maximum absolute atomic E-state index is 6.00. The molecule has 1 aliphatic heterocycles. The summed E-state index contributed by atoms with van der Waals surface area (Å²) in [6, 6.07) is 10.9. The zero-order chi connectivity index (χ0) is 13.7. The molecule has 0 unspecified atom stereocenters. The molecule has 0 atom stereocenters. The van der Waals surface area contributed by atoms with Crippen LogP contribution in [0.15, 0.2) is 35.3 Å². The predicted octanol–water partition coefficient (Wildman–Crippen LogP) is 1.53. The van der Waals surface area contributed by atoms with Crippen LogP contribution in [0.5, 0.6) is 0 Å². The van der Waals surface area contributed by atoms with Gasteiger partial charge in [0.25, 0.3) is 0 Å². The summed E-state index contributed by atoms with van der Waals surface area (Å²) in [5.41, 5.74) is 7.38. The molecule has 0 aromatic heterocycles. The van der Waals surface area contributed by atoms with Gasteiger partial charge in [-0.05, 0) is 19.4 Å². The van der Waals surface area contributed by atoms with E-state index < -0.39 is 0 Å². The summed E-state index contributed by atoms with van der Waals surface area (Å²) in [5, 5.41) is 0. The zero-order valence-corrected chi connectivity index (χ0v) is 11.9. The highest BCUT2D eigenvalue weighted by molar-refractivity contribution is 5.78. The number of nitrogens with zero attached hydrogens (tertiary/aromatic N) is 3. The normalized spacial score (nSPS) is 18.1. The van der Waals surface area contributed by atoms with Gasteiger partial charge in [-0.2, -0.15) is 0 Å². The van der Waals surface area contributed by atoms with Crippen LogP contribution in [0, 0.1) is 0 Å². The van der Waals surface area contributed by atoms with E-state index in [2.05, 4.69) is 59.0 Å². The van der Waals surface area contributed by atoms with Crippen molar-refractivity contribution in [2.75, 3.05) is 26.2 Å². The SMILES string of the molecule is CC(C)N=C(N)N1CCN(Cc2ccccc2)CC1. The minimum atomic E-state index is 0.266. The van der Waals surface area contributed by atoms with Gasteiger partial charge in [-0.3, -0.25) is 9.89 Å². The summed E-state index contributed by atoms with van der Waals surface area (Å²) in [5.74, 6) is 0.689. The third-order valence-electron chi connectivity index (χ3n) is 3.34. The van der Waals surface area contributed by atoms with Crippen molar-refractivity contribution < 1.29 is 0 Å². The molecule has 1 aromatic carbocycles. The third kappa shape index (κ3) is 4.24. The summed E-state index contributed by atoms with van der Waals surface area (Å²) in [6.45, 7) is 9.16. The summed E-state index contributed by atoms with van der Waals surface area (Å²) < 4.78 is 0. The molecule has 0 bridgehead atoms. The van der Waals surface area contributed by atoms with Crippen LogP contribution in [0.4, 0.5) is 0 Å². The van der Waals surface area contributed by atoms with Crippen molar-refractivity contribution in [1.29, 1.82) is 0 Å². The fraction of sp³-hybridized carbons (Fsp3) is 0.533. The van der Waals surface area contributed by atoms with E-state index in [4.69, 9.17) is 5.73 Å². The van der Waals surface area contributed by atoms with Crippen molar-refractivity contribution in [2.24, 2.45) is 10.7 Å². The Kier molecular flexibility index (Phi) is 4.80. The molecule has 4 heteroatoms. The maximum Gasteiger partial charge on any atom is 0.191 e. The summed E-state index contributed by atoms with van der Waals surface area (Å²) in [6.07, 6.45) is 0. The van der Waals surface area contributed by atoms with Crippen LogP contribution in [0.2, 0.25) is 0 Å². The van der Waals surface area contributed by atoms with Gasteiger partial charge < -0.3 is 10.6 Å². The lowest BCUT2D eigenvalue weighted by molar-refractivity contribution is 0.174. The molecule has 0 saturated carbocycles. The number of rotatable bonds is 3. The fourth-order valence-electron chi connectivity index (χ4n) is 2.32. The van der Waals surface area contributed by atoms with Gasteiger partial charge in [0, 0.05) is 38.8 Å². The van der Waals surface area contributed by atoms with E-state index in [0.29, 0.717) is 5.96 Å². The molecular weight excluding hydrogens is 236 g/mol. The first-order valence-corrected chi connectivity index (χ1v) is 6.99. The second-order valence-electron chi connectivity index (χ2n) is 5.33. The maximum atomic E-state index is 6.00. The van der Waals surface area contributed by atoms with E-state index in [1.165, 1.54) is 5.56 Å². The number of piperazine rings is 1. The quantitative estimate of drug-likeness (QED) is 0.662. The number of benzene rings is 1. The Morgan fingerprint density at radius 2 is 1.79 bits per heavy atom. The standard InChI is InChI=1S/C15H24N4/c1-13(2)17-15(16)19-10-8-18(9-11-19)12-14-6-4-3-5-7-14/h3-7,13H,8-12H2,1-2H3,(H2,16,17). The lowest BCUT2D eigenvalue weighted by Gasteiger charge is -2.35. The number of guanidine groups is 1. The number of hydrogen-bond acceptors (Lipinski definition) is 2. The summed E-state index contributed by atoms with van der Waals surface area (Å²) in [7, 11) is 0. The van der Waals surface area contributed by atoms with Crippen molar-refractivity contribution >= 4 is 5.96 Å². The lowest BCUT2D eigenvalue weighted by Crippen LogP contribution is -2.50. The molecular formula is C15H24N4. The molecule has 2 rings (SSSR count). The van der Waals surface area contributed by atoms with E-state index in [1.807, 2.05) is 0 Å². The van der Waals surface area contributed by atoms with Crippen LogP contribution in [0.1, 0.15) is 19.4 Å². The average Bonchev–Trinajstić information content (AvgIpc) is 2.40. The molecule has 4 nitrogen and oxygen atoms in total. The van der Waals surface area contributed by atoms with Crippen molar-refractivity contribution in [3.05, 3.63) is 35.9 Å². The first-order chi connectivity index (χ1) is 9.15. The molecule has 0 radical (unpaired) electrons. The van der Waals surface area contributed by atoms with Crippen LogP contribution in [-0.4, -0.2) is 48.0 Å². The van der Waals surface area contributed by atoms with E-state index >= 15 is 0 Å². The van der Waals surface area contributed by atoms with E-state index in [9.17, 15) is 0 Å². The van der Waals surface area contributed by atoms with Gasteiger partial charge in [-0.15, -0.1) is 0 Å². The van der Waals surface area contributed by atoms with Crippen LogP contribution in [0.25, 0.3) is 0 Å². The Balaban J connectivity index is 1.83. The molecule has 104 valence electrons. The third-order valence-corrected chi connectivity index (χ3v) is 3.34. The highest BCUT2D eigenvalue weighted by Crippen LogP contribution is 2.08. The Hall–Kier alpha value is -1.55. The molecule has 1 aromatic rings. The van der Waals surface area contributed by atoms with E-state index in [0.717, 1.165) is 32.7 Å². The Bertz CT molecular complexity index is 405. The minimum absolute atomic E-state index is 0.266. The molecule has 19 heavy (non-hydrogen) atoms. The van der Waals surface area contributed by atoms with Gasteiger partial charge in [0.05, 0.1) is 0 Å². The highest BCUT2D eigenvalue weighted by Gasteiger charge is 2.18. The largest absolute Gasteiger partial charge is 0.370 e. The van der Waals surface area contributed by atoms with Crippen molar-refractivity contribution in [1.82, 2.24) is 9.80 Å². The van der Waals surface area contributed by atoms with E-state index in [-0.39, 0.29) is 6.04 Å². The Morgan fingerprint density at radius 3 is 2.37 bits per heavy atom. The van der Waals surface area contributed by atoms with Crippen LogP contribution < -0.4 is 5.73 Å². The second-order valence-corrected chi connectivity index (χ2v) is 5.33. The highest BCUT2D eigenvalue weighted by atomic mass is 15.3. The minimum Gasteiger partial charge on any atom is -0.370 e. The fourth-order valence-corrected chi connectivity index (χ4v) is 2.32. The van der Waals surface area contributed by atoms with Crippen LogP contribution >= 0.6 is 0 Å². The molecule has 0 aliphatic carbocycles. The summed E-state index contributed by atoms with van der Waals surface area (Å²) >= 11 is 0. The molecule has 0 amide bonds. The molecule has 1 fully saturated rings. The van der Waals surface area contributed by atoms with Gasteiger partial charge in [0.2, 0.25) is 0 Å². The molecule has 1 saturated heterocycles. The lowest BCUT2D eigenvalue weighted by atomic mass is 10.2. The van der Waals surface area contributed by atoms with Crippen LogP contribution in [-0.2, 0) is 6.54 Å². The average molecular weight is 260 g/mol. The van der Waals surface area contributed by atoms with Gasteiger partial charge in [0.15, 0.2) is 5.96 Å². The first-order valence-electron chi connectivity index (χ1n) is 6.99. The topological polar surface area (TPSA) is 44.9 Å². The number of hydrogen-bond donors (Lipinski definition) is 1. The molecule has 0 spiro atoms. The van der Waals surface area contributed by atoms with E-state index in [1.54, 1.807) is 0 Å². The molecule has 1 aliphatic rings. The Labute approximate surface area is 115 Å².